The second kappa shape index (κ2) is 11.7. The lowest BCUT2D eigenvalue weighted by Crippen LogP contribution is -2.45. The minimum absolute atomic E-state index is 0.213. The summed E-state index contributed by atoms with van der Waals surface area (Å²) in [5, 5.41) is 9.35. The molecule has 0 bridgehead atoms. The van der Waals surface area contributed by atoms with Gasteiger partial charge in [0, 0.05) is 6.61 Å². The first-order valence-corrected chi connectivity index (χ1v) is 16.7. The van der Waals surface area contributed by atoms with Crippen molar-refractivity contribution in [2.24, 2.45) is 5.41 Å². The van der Waals surface area contributed by atoms with Crippen LogP contribution in [0.3, 0.4) is 0 Å². The predicted octanol–water partition coefficient (Wildman–Crippen LogP) is 3.34. The van der Waals surface area contributed by atoms with Crippen LogP contribution in [0.5, 0.6) is 0 Å². The molecule has 1 N–H and O–H groups in total. The Morgan fingerprint density at radius 2 is 1.81 bits per heavy atom. The maximum Gasteiger partial charge on any atom is 0.311 e. The summed E-state index contributed by atoms with van der Waals surface area (Å²) in [5.41, 5.74) is -0.541. The molecule has 1 atom stereocenters. The fourth-order valence-corrected chi connectivity index (χ4v) is 10.6. The van der Waals surface area contributed by atoms with Gasteiger partial charge < -0.3 is 22.8 Å². The molecule has 0 aliphatic rings. The molecule has 1 unspecified atom stereocenters. The van der Waals surface area contributed by atoms with Crippen LogP contribution in [0.1, 0.15) is 33.6 Å². The number of aliphatic hydroxyl groups excluding tert-OH is 1. The van der Waals surface area contributed by atoms with Gasteiger partial charge in [-0.2, -0.15) is 0 Å². The first-order valence-electron chi connectivity index (χ1n) is 9.33. The zero-order valence-electron chi connectivity index (χ0n) is 17.8. The van der Waals surface area contributed by atoms with Crippen molar-refractivity contribution in [3.05, 3.63) is 0 Å². The van der Waals surface area contributed by atoms with Crippen molar-refractivity contribution in [3.8, 4) is 0 Å². The quantitative estimate of drug-likeness (QED) is 0.263. The third-order valence-electron chi connectivity index (χ3n) is 3.66. The highest BCUT2D eigenvalue weighted by Crippen LogP contribution is 2.22. The van der Waals surface area contributed by atoms with Crippen LogP contribution in [0.15, 0.2) is 0 Å². The minimum atomic E-state index is -2.03. The van der Waals surface area contributed by atoms with Crippen LogP contribution in [0.25, 0.3) is 0 Å². The van der Waals surface area contributed by atoms with Gasteiger partial charge in [-0.3, -0.25) is 4.79 Å². The van der Waals surface area contributed by atoms with Gasteiger partial charge in [0.15, 0.2) is 8.32 Å². The summed E-state index contributed by atoms with van der Waals surface area (Å²) in [6, 6.07) is 0.915. The van der Waals surface area contributed by atoms with Gasteiger partial charge in [-0.05, 0) is 65.5 Å². The van der Waals surface area contributed by atoms with Gasteiger partial charge in [0.05, 0.1) is 18.6 Å². The number of aliphatic hydroxyl groups is 1. The van der Waals surface area contributed by atoms with Crippen LogP contribution < -0.4 is 0 Å². The topological polar surface area (TPSA) is 74.2 Å². The molecule has 0 saturated carbocycles. The van der Waals surface area contributed by atoms with E-state index in [1.54, 1.807) is 0 Å². The van der Waals surface area contributed by atoms with Crippen molar-refractivity contribution in [3.63, 3.8) is 0 Å². The molecule has 0 aromatic heterocycles. The lowest BCUT2D eigenvalue weighted by molar-refractivity contribution is -0.165. The largest absolute Gasteiger partial charge is 0.457 e. The number of hydrogen-bond acceptors (Lipinski definition) is 6. The minimum Gasteiger partial charge on any atom is -0.457 e. The fraction of sp³-hybridized carbons (Fsp3) is 0.941. The number of esters is 1. The Balaban J connectivity index is 3.93. The predicted molar refractivity (Wildman–Crippen MR) is 110 cm³/mol. The summed E-state index contributed by atoms with van der Waals surface area (Å²) in [4.78, 5) is 12.0. The average Bonchev–Trinajstić information content (AvgIpc) is 2.49. The van der Waals surface area contributed by atoms with Gasteiger partial charge in [0.2, 0.25) is 9.76 Å². The van der Waals surface area contributed by atoms with Crippen LogP contribution in [-0.2, 0) is 22.5 Å². The molecule has 0 aromatic rings. The van der Waals surface area contributed by atoms with Gasteiger partial charge in [0.1, 0.15) is 6.10 Å². The molecular weight excluding hydrogens is 384 g/mol. The highest BCUT2D eigenvalue weighted by molar-refractivity contribution is 6.82. The van der Waals surface area contributed by atoms with Crippen molar-refractivity contribution in [2.45, 2.75) is 78.5 Å². The molecule has 2 radical (unpaired) electrons. The van der Waals surface area contributed by atoms with Gasteiger partial charge in [-0.1, -0.05) is 6.92 Å². The van der Waals surface area contributed by atoms with Gasteiger partial charge in [-0.25, -0.2) is 0 Å². The van der Waals surface area contributed by atoms with Crippen LogP contribution in [0.4, 0.5) is 0 Å². The van der Waals surface area contributed by atoms with Gasteiger partial charge >= 0.3 is 14.5 Å². The summed E-state index contributed by atoms with van der Waals surface area (Å²) in [6.45, 7) is 16.8. The van der Waals surface area contributed by atoms with E-state index in [2.05, 4.69) is 32.7 Å². The molecule has 0 aliphatic heterocycles. The normalized spacial score (nSPS) is 14.3. The van der Waals surface area contributed by atoms with E-state index in [0.29, 0.717) is 22.8 Å². The Kier molecular flexibility index (Phi) is 11.7. The van der Waals surface area contributed by atoms with Crippen molar-refractivity contribution >= 4 is 32.6 Å². The van der Waals surface area contributed by atoms with Crippen LogP contribution in [-0.4, -0.2) is 63.6 Å². The monoisotopic (exact) mass is 422 g/mol. The third kappa shape index (κ3) is 12.4. The average molecular weight is 423 g/mol. The summed E-state index contributed by atoms with van der Waals surface area (Å²) < 4.78 is 23.0. The SMILES string of the molecule is CCC(C)(C)C(=O)OC(CO)COCCC[Si]O[Si](C)(C)O[Si](C)(C)C. The van der Waals surface area contributed by atoms with E-state index in [9.17, 15) is 9.90 Å². The molecule has 154 valence electrons. The maximum atomic E-state index is 12.0. The second-order valence-electron chi connectivity index (χ2n) is 8.49. The first kappa shape index (κ1) is 26.0. The molecule has 0 rings (SSSR count). The van der Waals surface area contributed by atoms with E-state index in [1.807, 2.05) is 20.8 Å². The third-order valence-corrected chi connectivity index (χ3v) is 11.2. The Bertz CT molecular complexity index is 410. The van der Waals surface area contributed by atoms with E-state index in [0.717, 1.165) is 12.5 Å². The number of carbonyl (C=O) groups is 1. The van der Waals surface area contributed by atoms with Crippen molar-refractivity contribution in [1.82, 2.24) is 0 Å². The highest BCUT2D eigenvalue weighted by Gasteiger charge is 2.31. The molecule has 0 saturated heterocycles. The van der Waals surface area contributed by atoms with E-state index in [4.69, 9.17) is 17.7 Å². The fourth-order valence-electron chi connectivity index (χ4n) is 2.02. The van der Waals surface area contributed by atoms with Gasteiger partial charge in [0.25, 0.3) is 0 Å². The number of carbonyl (C=O) groups excluding carboxylic acids is 1. The molecule has 6 nitrogen and oxygen atoms in total. The zero-order valence-corrected chi connectivity index (χ0v) is 20.8. The van der Waals surface area contributed by atoms with Crippen molar-refractivity contribution < 1.29 is 27.6 Å². The Labute approximate surface area is 164 Å². The molecule has 0 spiro atoms. The Morgan fingerprint density at radius 3 is 2.31 bits per heavy atom. The summed E-state index contributed by atoms with van der Waals surface area (Å²) in [6.07, 6.45) is 0.943. The summed E-state index contributed by atoms with van der Waals surface area (Å²) in [5.74, 6) is -0.299. The molecule has 0 amide bonds. The van der Waals surface area contributed by atoms with Crippen molar-refractivity contribution in [2.75, 3.05) is 19.8 Å². The van der Waals surface area contributed by atoms with E-state index in [-0.39, 0.29) is 19.2 Å². The van der Waals surface area contributed by atoms with Crippen LogP contribution >= 0.6 is 0 Å². The van der Waals surface area contributed by atoms with Gasteiger partial charge in [-0.15, -0.1) is 0 Å². The number of hydrogen-bond donors (Lipinski definition) is 1. The molecule has 0 heterocycles. The Hall–Kier alpha value is -0.0394. The van der Waals surface area contributed by atoms with E-state index in [1.165, 1.54) is 0 Å². The smallest absolute Gasteiger partial charge is 0.311 e. The molecule has 26 heavy (non-hydrogen) atoms. The number of ether oxygens (including phenoxy) is 2. The number of rotatable bonds is 14. The molecule has 0 fully saturated rings. The summed E-state index contributed by atoms with van der Waals surface area (Å²) >= 11 is 0. The second-order valence-corrected chi connectivity index (χ2v) is 17.9. The standard InChI is InChI=1S/C17H38O6Si3/c1-9-17(2,3)16(19)21-15(13-18)14-20-11-10-12-24-22-26(7,8)23-25(4,5)6/h15,18H,9-14H2,1-8H3. The maximum absolute atomic E-state index is 12.0. The molecule has 9 heteroatoms. The Morgan fingerprint density at radius 1 is 1.19 bits per heavy atom. The van der Waals surface area contributed by atoms with Crippen LogP contribution in [0, 0.1) is 5.41 Å². The lowest BCUT2D eigenvalue weighted by atomic mass is 9.90. The molecule has 0 aliphatic carbocycles. The lowest BCUT2D eigenvalue weighted by Gasteiger charge is -2.30. The van der Waals surface area contributed by atoms with E-state index < -0.39 is 28.4 Å². The first-order chi connectivity index (χ1) is 11.8. The van der Waals surface area contributed by atoms with E-state index >= 15 is 0 Å². The van der Waals surface area contributed by atoms with Crippen molar-refractivity contribution in [1.29, 1.82) is 0 Å². The molecule has 0 aromatic carbocycles. The summed E-state index contributed by atoms with van der Waals surface area (Å²) in [7, 11) is -3.19. The van der Waals surface area contributed by atoms with Crippen LogP contribution in [0.2, 0.25) is 38.8 Å². The zero-order chi connectivity index (χ0) is 20.4. The molecular formula is C17H38O6Si3. The highest BCUT2D eigenvalue weighted by atomic mass is 28.5.